The van der Waals surface area contributed by atoms with Gasteiger partial charge in [0, 0.05) is 12.1 Å². The zero-order chi connectivity index (χ0) is 17.0. The summed E-state index contributed by atoms with van der Waals surface area (Å²) in [7, 11) is 0. The molecule has 1 heterocycles. The van der Waals surface area contributed by atoms with Gasteiger partial charge in [-0.3, -0.25) is 4.79 Å². The summed E-state index contributed by atoms with van der Waals surface area (Å²) in [6.45, 7) is 2.25. The summed E-state index contributed by atoms with van der Waals surface area (Å²) in [6, 6.07) is 0.863. The van der Waals surface area contributed by atoms with Crippen LogP contribution in [0.2, 0.25) is 0 Å². The van der Waals surface area contributed by atoms with E-state index in [0.717, 1.165) is 22.9 Å². The van der Waals surface area contributed by atoms with Gasteiger partial charge in [-0.05, 0) is 81.5 Å². The highest BCUT2D eigenvalue weighted by Gasteiger charge is 2.53. The molecule has 1 atom stereocenters. The quantitative estimate of drug-likeness (QED) is 0.790. The Labute approximate surface area is 153 Å². The van der Waals surface area contributed by atoms with Gasteiger partial charge >= 0.3 is 0 Å². The second-order valence-electron chi connectivity index (χ2n) is 9.11. The van der Waals surface area contributed by atoms with Gasteiger partial charge in [-0.2, -0.15) is 0 Å². The van der Waals surface area contributed by atoms with Crippen molar-refractivity contribution in [1.82, 2.24) is 20.1 Å². The third-order valence-electron chi connectivity index (χ3n) is 7.19. The first-order chi connectivity index (χ1) is 12.1. The zero-order valence-electron chi connectivity index (χ0n) is 15.0. The van der Waals surface area contributed by atoms with Crippen molar-refractivity contribution in [3.8, 4) is 0 Å². The molecule has 6 rings (SSSR count). The van der Waals surface area contributed by atoms with Gasteiger partial charge in [-0.15, -0.1) is 10.2 Å². The maximum Gasteiger partial charge on any atom is 0.230 e. The molecule has 0 spiro atoms. The Kier molecular flexibility index (Phi) is 3.88. The van der Waals surface area contributed by atoms with E-state index in [-0.39, 0.29) is 5.91 Å². The standard InChI is InChI=1S/C19H28N4OS/c1-12(19-7-13-4-14(8-19)6-15(5-13)9-19)21-17(24)10-25-18-22-20-11-23(18)16-2-3-16/h11-16H,2-10H2,1H3,(H,21,24)/t12-,13?,14?,15?,19?/m0/s1. The highest BCUT2D eigenvalue weighted by atomic mass is 32.2. The summed E-state index contributed by atoms with van der Waals surface area (Å²) in [5.41, 5.74) is 0.378. The number of nitrogens with one attached hydrogen (secondary N) is 1. The number of hydrogen-bond donors (Lipinski definition) is 1. The molecule has 1 N–H and O–H groups in total. The number of thioether (sulfide) groups is 1. The Morgan fingerprint density at radius 2 is 1.92 bits per heavy atom. The lowest BCUT2D eigenvalue weighted by Gasteiger charge is -2.59. The van der Waals surface area contributed by atoms with E-state index in [0.29, 0.717) is 23.3 Å². The van der Waals surface area contributed by atoms with Crippen LogP contribution < -0.4 is 5.32 Å². The van der Waals surface area contributed by atoms with Crippen LogP contribution in [-0.4, -0.2) is 32.5 Å². The van der Waals surface area contributed by atoms with Crippen molar-refractivity contribution in [3.05, 3.63) is 6.33 Å². The third-order valence-corrected chi connectivity index (χ3v) is 8.15. The molecule has 6 heteroatoms. The Morgan fingerprint density at radius 3 is 2.52 bits per heavy atom. The summed E-state index contributed by atoms with van der Waals surface area (Å²) in [6.07, 6.45) is 12.6. The molecular formula is C19H28N4OS. The lowest BCUT2D eigenvalue weighted by molar-refractivity contribution is -0.123. The van der Waals surface area contributed by atoms with Gasteiger partial charge in [0.1, 0.15) is 6.33 Å². The van der Waals surface area contributed by atoms with Crippen LogP contribution in [-0.2, 0) is 4.79 Å². The van der Waals surface area contributed by atoms with Crippen LogP contribution >= 0.6 is 11.8 Å². The molecule has 4 bridgehead atoms. The van der Waals surface area contributed by atoms with Gasteiger partial charge in [0.25, 0.3) is 0 Å². The van der Waals surface area contributed by atoms with E-state index in [2.05, 4.69) is 27.0 Å². The van der Waals surface area contributed by atoms with Crippen molar-refractivity contribution < 1.29 is 4.79 Å². The third kappa shape index (κ3) is 3.00. The highest BCUT2D eigenvalue weighted by Crippen LogP contribution is 2.61. The SMILES string of the molecule is C[C@H](NC(=O)CSc1nncn1C1CC1)C12CC3CC(CC(C3)C1)C2. The Hall–Kier alpha value is -1.04. The molecular weight excluding hydrogens is 332 g/mol. The van der Waals surface area contributed by atoms with E-state index >= 15 is 0 Å². The molecule has 25 heavy (non-hydrogen) atoms. The number of aromatic nitrogens is 3. The maximum atomic E-state index is 12.5. The molecule has 1 aromatic rings. The van der Waals surface area contributed by atoms with E-state index in [1.807, 2.05) is 0 Å². The average Bonchev–Trinajstić information content (AvgIpc) is 3.30. The van der Waals surface area contributed by atoms with Crippen LogP contribution in [0.25, 0.3) is 0 Å². The first kappa shape index (κ1) is 16.2. The Balaban J connectivity index is 1.19. The summed E-state index contributed by atoms with van der Waals surface area (Å²) in [5.74, 6) is 3.38. The van der Waals surface area contributed by atoms with E-state index in [1.165, 1.54) is 63.1 Å². The Morgan fingerprint density at radius 1 is 1.28 bits per heavy atom. The smallest absolute Gasteiger partial charge is 0.230 e. The van der Waals surface area contributed by atoms with Gasteiger partial charge < -0.3 is 9.88 Å². The van der Waals surface area contributed by atoms with Crippen LogP contribution in [0.3, 0.4) is 0 Å². The lowest BCUT2D eigenvalue weighted by atomic mass is 9.48. The summed E-state index contributed by atoms with van der Waals surface area (Å²) in [5, 5.41) is 12.4. The predicted octanol–water partition coefficient (Wildman–Crippen LogP) is 3.43. The van der Waals surface area contributed by atoms with Gasteiger partial charge in [0.05, 0.1) is 5.75 Å². The molecule has 5 nitrogen and oxygen atoms in total. The summed E-state index contributed by atoms with van der Waals surface area (Å²) in [4.78, 5) is 12.5. The van der Waals surface area contributed by atoms with Gasteiger partial charge in [-0.1, -0.05) is 11.8 Å². The fraction of sp³-hybridized carbons (Fsp3) is 0.842. The molecule has 1 amide bonds. The molecule has 5 fully saturated rings. The minimum Gasteiger partial charge on any atom is -0.352 e. The van der Waals surface area contributed by atoms with Crippen molar-refractivity contribution in [1.29, 1.82) is 0 Å². The van der Waals surface area contributed by atoms with Gasteiger partial charge in [-0.25, -0.2) is 0 Å². The van der Waals surface area contributed by atoms with Crippen molar-refractivity contribution in [2.45, 2.75) is 75.5 Å². The van der Waals surface area contributed by atoms with Crippen molar-refractivity contribution >= 4 is 17.7 Å². The predicted molar refractivity (Wildman–Crippen MR) is 97.2 cm³/mol. The molecule has 5 aliphatic rings. The zero-order valence-corrected chi connectivity index (χ0v) is 15.8. The molecule has 1 aromatic heterocycles. The van der Waals surface area contributed by atoms with Crippen LogP contribution in [0, 0.1) is 23.2 Å². The van der Waals surface area contributed by atoms with E-state index in [1.54, 1.807) is 6.33 Å². The van der Waals surface area contributed by atoms with Crippen molar-refractivity contribution in [3.63, 3.8) is 0 Å². The van der Waals surface area contributed by atoms with Gasteiger partial charge in [0.2, 0.25) is 5.91 Å². The maximum absolute atomic E-state index is 12.5. The molecule has 0 unspecified atom stereocenters. The van der Waals surface area contributed by atoms with Crippen LogP contribution in [0.5, 0.6) is 0 Å². The molecule has 0 radical (unpaired) electrons. The minimum absolute atomic E-state index is 0.151. The molecule has 5 saturated carbocycles. The average molecular weight is 361 g/mol. The van der Waals surface area contributed by atoms with E-state index < -0.39 is 0 Å². The first-order valence-electron chi connectivity index (χ1n) is 9.93. The summed E-state index contributed by atoms with van der Waals surface area (Å²) < 4.78 is 2.13. The van der Waals surface area contributed by atoms with Crippen molar-refractivity contribution in [2.24, 2.45) is 23.2 Å². The number of nitrogens with zero attached hydrogens (tertiary/aromatic N) is 3. The fourth-order valence-corrected chi connectivity index (χ4v) is 7.01. The van der Waals surface area contributed by atoms with Crippen LogP contribution in [0.1, 0.15) is 64.3 Å². The number of amides is 1. The van der Waals surface area contributed by atoms with Crippen LogP contribution in [0.4, 0.5) is 0 Å². The molecule has 136 valence electrons. The monoisotopic (exact) mass is 360 g/mol. The second kappa shape index (κ2) is 6.00. The topological polar surface area (TPSA) is 59.8 Å². The fourth-order valence-electron chi connectivity index (χ4n) is 6.21. The number of hydrogen-bond acceptors (Lipinski definition) is 4. The number of carbonyl (C=O) groups is 1. The first-order valence-corrected chi connectivity index (χ1v) is 10.9. The van der Waals surface area contributed by atoms with Gasteiger partial charge in [0.15, 0.2) is 5.16 Å². The molecule has 5 aliphatic carbocycles. The molecule has 0 aliphatic heterocycles. The van der Waals surface area contributed by atoms with Crippen molar-refractivity contribution in [2.75, 3.05) is 5.75 Å². The van der Waals surface area contributed by atoms with E-state index in [9.17, 15) is 4.79 Å². The Bertz CT molecular complexity index is 633. The largest absolute Gasteiger partial charge is 0.352 e. The second-order valence-corrected chi connectivity index (χ2v) is 10.1. The van der Waals surface area contributed by atoms with Crippen LogP contribution in [0.15, 0.2) is 11.5 Å². The number of carbonyl (C=O) groups excluding carboxylic acids is 1. The number of rotatable bonds is 6. The highest BCUT2D eigenvalue weighted by molar-refractivity contribution is 7.99. The summed E-state index contributed by atoms with van der Waals surface area (Å²) >= 11 is 1.53. The minimum atomic E-state index is 0.151. The lowest BCUT2D eigenvalue weighted by Crippen LogP contribution is -2.56. The normalized spacial score (nSPS) is 37.2. The molecule has 0 saturated heterocycles. The molecule has 0 aromatic carbocycles. The van der Waals surface area contributed by atoms with E-state index in [4.69, 9.17) is 0 Å².